The molecule has 6 aromatic carbocycles. The maximum Gasteiger partial charge on any atom is 0.296 e. The van der Waals surface area contributed by atoms with Gasteiger partial charge >= 0.3 is 0 Å². The normalized spacial score (nSPS) is 13.2. The molecule has 0 aliphatic carbocycles. The number of rotatable bonds is 18. The van der Waals surface area contributed by atoms with Crippen LogP contribution in [0, 0.1) is 0 Å². The second-order valence-corrected chi connectivity index (χ2v) is 20.1. The molecule has 0 atom stereocenters. The summed E-state index contributed by atoms with van der Waals surface area (Å²) in [6.07, 6.45) is 3.23. The van der Waals surface area contributed by atoms with Gasteiger partial charge in [0.1, 0.15) is 39.3 Å². The number of aliphatic hydroxyl groups is 2. The number of fused-ring (bicyclic) bond motifs is 2. The molecule has 6 N–H and O–H groups in total. The van der Waals surface area contributed by atoms with Crippen molar-refractivity contribution < 1.29 is 55.8 Å². The van der Waals surface area contributed by atoms with Gasteiger partial charge < -0.3 is 29.9 Å². The number of aromatic hydroxyl groups is 2. The highest BCUT2D eigenvalue weighted by molar-refractivity contribution is 7.86. The molecule has 6 aromatic rings. The maximum absolute atomic E-state index is 12.6. The van der Waals surface area contributed by atoms with Crippen molar-refractivity contribution in [2.45, 2.75) is 94.8 Å². The van der Waals surface area contributed by atoms with Gasteiger partial charge in [-0.1, -0.05) is 77.9 Å². The number of unbranched alkanes of at least 4 members (excludes halogenated alkanes) is 1. The van der Waals surface area contributed by atoms with E-state index < -0.39 is 52.7 Å². The minimum absolute atomic E-state index is 0.0414. The Labute approximate surface area is 389 Å². The highest BCUT2D eigenvalue weighted by atomic mass is 32.2. The van der Waals surface area contributed by atoms with Crippen LogP contribution in [0.4, 0.5) is 17.1 Å². The molecular formula is C49H54N4O12S2. The summed E-state index contributed by atoms with van der Waals surface area (Å²) >= 11 is 0. The van der Waals surface area contributed by atoms with Crippen LogP contribution in [-0.2, 0) is 31.1 Å². The summed E-state index contributed by atoms with van der Waals surface area (Å²) in [5, 5.41) is 51.4. The first-order valence-corrected chi connectivity index (χ1v) is 24.3. The largest absolute Gasteiger partial charge is 0.507 e. The van der Waals surface area contributed by atoms with Gasteiger partial charge in [-0.3, -0.25) is 14.1 Å². The lowest BCUT2D eigenvalue weighted by Crippen LogP contribution is -2.21. The molecule has 67 heavy (non-hydrogen) atoms. The van der Waals surface area contributed by atoms with Gasteiger partial charge in [0.25, 0.3) is 20.2 Å². The molecule has 0 amide bonds. The SMILES string of the molecule is CCC(C)(C)c1ccc(OCCCCN=C(O)c2cc(Oc3ccc(N=Nc4c(S(=O)(=O)O)cc(N=C(C)O)c5c(O)cc(S(=O)(=O)O)cc45)cc3)c3ccccc3c2O)c(C(C)(C)CC)c1. The van der Waals surface area contributed by atoms with Crippen molar-refractivity contribution in [1.82, 2.24) is 0 Å². The van der Waals surface area contributed by atoms with Gasteiger partial charge in [-0.05, 0) is 90.6 Å². The monoisotopic (exact) mass is 954 g/mol. The molecule has 16 nitrogen and oxygen atoms in total. The molecule has 0 bridgehead atoms. The second kappa shape index (κ2) is 19.7. The van der Waals surface area contributed by atoms with E-state index in [1.165, 1.54) is 41.5 Å². The van der Waals surface area contributed by atoms with Crippen molar-refractivity contribution in [3.8, 4) is 28.7 Å². The third kappa shape index (κ3) is 11.3. The van der Waals surface area contributed by atoms with Crippen LogP contribution in [-0.4, -0.2) is 71.3 Å². The lowest BCUT2D eigenvalue weighted by molar-refractivity contribution is 0.297. The Morgan fingerprint density at radius 1 is 0.716 bits per heavy atom. The molecule has 0 aliphatic heterocycles. The van der Waals surface area contributed by atoms with Gasteiger partial charge in [0.2, 0.25) is 5.90 Å². The van der Waals surface area contributed by atoms with Crippen molar-refractivity contribution in [2.24, 2.45) is 20.2 Å². The van der Waals surface area contributed by atoms with Crippen molar-refractivity contribution >= 4 is 70.6 Å². The Kier molecular flexibility index (Phi) is 14.7. The fourth-order valence-electron chi connectivity index (χ4n) is 7.23. The molecule has 354 valence electrons. The Morgan fingerprint density at radius 3 is 2.01 bits per heavy atom. The van der Waals surface area contributed by atoms with E-state index in [2.05, 4.69) is 80.0 Å². The van der Waals surface area contributed by atoms with Crippen LogP contribution in [0.2, 0.25) is 0 Å². The summed E-state index contributed by atoms with van der Waals surface area (Å²) in [6.45, 7) is 15.2. The quantitative estimate of drug-likeness (QED) is 0.0155. The average Bonchev–Trinajstić information content (AvgIpc) is 3.27. The highest BCUT2D eigenvalue weighted by Crippen LogP contribution is 2.46. The first-order valence-electron chi connectivity index (χ1n) is 21.4. The summed E-state index contributed by atoms with van der Waals surface area (Å²) in [7, 11) is -10.1. The molecule has 6 rings (SSSR count). The minimum atomic E-state index is -5.12. The van der Waals surface area contributed by atoms with Crippen LogP contribution < -0.4 is 9.47 Å². The van der Waals surface area contributed by atoms with E-state index in [1.54, 1.807) is 24.3 Å². The van der Waals surface area contributed by atoms with Gasteiger partial charge in [-0.25, -0.2) is 4.99 Å². The summed E-state index contributed by atoms with van der Waals surface area (Å²) in [5.74, 6) is -0.501. The van der Waals surface area contributed by atoms with Crippen LogP contribution in [0.15, 0.2) is 121 Å². The van der Waals surface area contributed by atoms with E-state index in [-0.39, 0.29) is 62.8 Å². The number of nitrogens with zero attached hydrogens (tertiary/aromatic N) is 4. The number of aliphatic imine (C=N–C) groups is 2. The van der Waals surface area contributed by atoms with E-state index in [1.807, 2.05) is 0 Å². The van der Waals surface area contributed by atoms with E-state index >= 15 is 0 Å². The first-order chi connectivity index (χ1) is 31.4. The predicted octanol–water partition coefficient (Wildman–Crippen LogP) is 12.3. The fraction of sp³-hybridized carbons (Fsp3) is 0.306. The fourth-order valence-corrected chi connectivity index (χ4v) is 8.41. The molecule has 0 fully saturated rings. The second-order valence-electron chi connectivity index (χ2n) is 17.3. The summed E-state index contributed by atoms with van der Waals surface area (Å²) < 4.78 is 81.7. The Bertz CT molecular complexity index is 3160. The highest BCUT2D eigenvalue weighted by Gasteiger charge is 2.28. The zero-order valence-electron chi connectivity index (χ0n) is 38.1. The van der Waals surface area contributed by atoms with E-state index in [0.717, 1.165) is 37.6 Å². The van der Waals surface area contributed by atoms with Gasteiger partial charge in [-0.15, -0.1) is 5.11 Å². The molecular weight excluding hydrogens is 901 g/mol. The third-order valence-corrected chi connectivity index (χ3v) is 13.5. The maximum atomic E-state index is 12.6. The third-order valence-electron chi connectivity index (χ3n) is 11.8. The number of phenols is 2. The Hall–Kier alpha value is -6.60. The topological polar surface area (TPSA) is 258 Å². The van der Waals surface area contributed by atoms with Gasteiger partial charge in [0, 0.05) is 41.3 Å². The minimum Gasteiger partial charge on any atom is -0.507 e. The molecule has 0 saturated heterocycles. The van der Waals surface area contributed by atoms with Crippen LogP contribution >= 0.6 is 0 Å². The van der Waals surface area contributed by atoms with Crippen LogP contribution in [0.3, 0.4) is 0 Å². The molecule has 0 radical (unpaired) electrons. The zero-order chi connectivity index (χ0) is 49.1. The zero-order valence-corrected chi connectivity index (χ0v) is 39.8. The van der Waals surface area contributed by atoms with Crippen LogP contribution in [0.25, 0.3) is 21.5 Å². The van der Waals surface area contributed by atoms with Gasteiger partial charge in [0.15, 0.2) is 5.90 Å². The lowest BCUT2D eigenvalue weighted by atomic mass is 9.76. The van der Waals surface area contributed by atoms with E-state index in [0.29, 0.717) is 36.3 Å². The summed E-state index contributed by atoms with van der Waals surface area (Å²) in [5.41, 5.74) is 1.60. The van der Waals surface area contributed by atoms with Crippen molar-refractivity contribution in [2.75, 3.05) is 13.2 Å². The molecule has 0 aromatic heterocycles. The predicted molar refractivity (Wildman–Crippen MR) is 259 cm³/mol. The van der Waals surface area contributed by atoms with Crippen LogP contribution in [0.1, 0.15) is 90.8 Å². The number of hydrogen-bond donors (Lipinski definition) is 6. The number of phenolic OH excluding ortho intramolecular Hbond substituents is 2. The number of benzene rings is 6. The molecule has 18 heteroatoms. The van der Waals surface area contributed by atoms with E-state index in [4.69, 9.17) is 9.47 Å². The lowest BCUT2D eigenvalue weighted by Gasteiger charge is -2.30. The summed E-state index contributed by atoms with van der Waals surface area (Å²) in [4.78, 5) is 6.44. The van der Waals surface area contributed by atoms with E-state index in [9.17, 15) is 46.4 Å². The molecule has 0 heterocycles. The standard InChI is InChI=1S/C49H54N4O12S2/c1-8-48(4,5)30-16-21-41(38(24-30)49(6,7)9-2)64-23-13-12-22-50-47(57)37-27-42(34-14-10-11-15-35(34)46(37)56)65-32-19-17-31(18-20-32)52-53-45-36-25-33(66(58,59)60)26-40(55)44(36)39(51-29(3)54)28-43(45)67(61,62)63/h10-11,14-21,24-28,55-56H,8-9,12-13,22-23H2,1-7H3,(H,50,57)(H,51,54)(H,58,59,60)(H,61,62,63). The number of hydrogen-bond acceptors (Lipinski definition) is 12. The Morgan fingerprint density at radius 2 is 1.39 bits per heavy atom. The smallest absolute Gasteiger partial charge is 0.296 e. The van der Waals surface area contributed by atoms with Crippen LogP contribution in [0.5, 0.6) is 28.7 Å². The number of ether oxygens (including phenoxy) is 2. The van der Waals surface area contributed by atoms with Gasteiger partial charge in [-0.2, -0.15) is 21.9 Å². The van der Waals surface area contributed by atoms with Crippen molar-refractivity contribution in [1.29, 1.82) is 0 Å². The number of azo groups is 1. The number of aliphatic hydroxyl groups excluding tert-OH is 2. The molecule has 0 aliphatic rings. The molecule has 0 saturated carbocycles. The molecule has 0 spiro atoms. The van der Waals surface area contributed by atoms with Gasteiger partial charge in [0.05, 0.1) is 33.8 Å². The molecule has 0 unspecified atom stereocenters. The average molecular weight is 955 g/mol. The van der Waals surface area contributed by atoms with Crippen molar-refractivity contribution in [3.63, 3.8) is 0 Å². The first kappa shape index (κ1) is 49.8. The van der Waals surface area contributed by atoms with Crippen molar-refractivity contribution in [3.05, 3.63) is 108 Å². The summed E-state index contributed by atoms with van der Waals surface area (Å²) in [6, 6.07) is 23.1. The Balaban J connectivity index is 1.22.